The maximum absolute atomic E-state index is 2.59. The Labute approximate surface area is 111 Å². The molecule has 1 aromatic carbocycles. The lowest BCUT2D eigenvalue weighted by Crippen LogP contribution is -2.47. The van der Waals surface area contributed by atoms with Crippen molar-refractivity contribution in [2.75, 3.05) is 38.1 Å². The number of nitrogens with zero attached hydrogens (tertiary/aromatic N) is 2. The van der Waals surface area contributed by atoms with E-state index in [-0.39, 0.29) is 0 Å². The second-order valence-electron chi connectivity index (χ2n) is 5.90. The molecule has 1 fully saturated rings. The summed E-state index contributed by atoms with van der Waals surface area (Å²) in [4.78, 5) is 5.01. The fourth-order valence-corrected chi connectivity index (χ4v) is 3.71. The zero-order valence-electron chi connectivity index (χ0n) is 11.7. The van der Waals surface area contributed by atoms with E-state index in [1.807, 2.05) is 0 Å². The molecular weight excluding hydrogens is 220 g/mol. The molecule has 1 saturated heterocycles. The predicted octanol–water partition coefficient (Wildman–Crippen LogP) is 2.88. The van der Waals surface area contributed by atoms with Crippen molar-refractivity contribution in [2.24, 2.45) is 0 Å². The number of para-hydroxylation sites is 1. The van der Waals surface area contributed by atoms with Crippen molar-refractivity contribution in [3.63, 3.8) is 0 Å². The molecule has 0 radical (unpaired) electrons. The molecule has 2 aliphatic heterocycles. The Morgan fingerprint density at radius 1 is 1.06 bits per heavy atom. The maximum atomic E-state index is 2.59. The number of anilines is 1. The lowest BCUT2D eigenvalue weighted by atomic mass is 9.68. The standard InChI is InChI=1S/C16H24N2/c1-3-18-12-9-16(10-13-18)8-11-17(2)15-7-5-4-6-14(15)16/h4-7H,3,8-13H2,1-2H3. The summed E-state index contributed by atoms with van der Waals surface area (Å²) in [6.45, 7) is 7.24. The Hall–Kier alpha value is -1.02. The zero-order valence-corrected chi connectivity index (χ0v) is 11.7. The van der Waals surface area contributed by atoms with E-state index >= 15 is 0 Å². The third kappa shape index (κ3) is 1.83. The summed E-state index contributed by atoms with van der Waals surface area (Å²) >= 11 is 0. The highest BCUT2D eigenvalue weighted by atomic mass is 15.1. The van der Waals surface area contributed by atoms with Gasteiger partial charge in [0.1, 0.15) is 0 Å². The van der Waals surface area contributed by atoms with Crippen LogP contribution in [0.3, 0.4) is 0 Å². The van der Waals surface area contributed by atoms with Crippen molar-refractivity contribution >= 4 is 5.69 Å². The molecule has 18 heavy (non-hydrogen) atoms. The average Bonchev–Trinajstić information content (AvgIpc) is 2.44. The summed E-state index contributed by atoms with van der Waals surface area (Å²) in [6, 6.07) is 9.05. The molecule has 98 valence electrons. The first-order valence-electron chi connectivity index (χ1n) is 7.28. The highest BCUT2D eigenvalue weighted by Crippen LogP contribution is 2.45. The third-order valence-corrected chi connectivity index (χ3v) is 5.07. The Bertz CT molecular complexity index is 419. The molecule has 0 aliphatic carbocycles. The van der Waals surface area contributed by atoms with Gasteiger partial charge in [0.05, 0.1) is 0 Å². The van der Waals surface area contributed by atoms with Gasteiger partial charge in [0, 0.05) is 24.7 Å². The highest BCUT2D eigenvalue weighted by Gasteiger charge is 2.40. The molecule has 1 spiro atoms. The van der Waals surface area contributed by atoms with E-state index in [0.29, 0.717) is 5.41 Å². The molecule has 2 heteroatoms. The van der Waals surface area contributed by atoms with E-state index in [4.69, 9.17) is 0 Å². The van der Waals surface area contributed by atoms with Gasteiger partial charge in [0.15, 0.2) is 0 Å². The molecule has 1 aromatic rings. The van der Waals surface area contributed by atoms with Crippen LogP contribution in [0.25, 0.3) is 0 Å². The Morgan fingerprint density at radius 2 is 1.72 bits per heavy atom. The van der Waals surface area contributed by atoms with Crippen molar-refractivity contribution in [1.82, 2.24) is 4.90 Å². The summed E-state index contributed by atoms with van der Waals surface area (Å²) in [7, 11) is 2.23. The van der Waals surface area contributed by atoms with Gasteiger partial charge >= 0.3 is 0 Å². The average molecular weight is 244 g/mol. The lowest BCUT2D eigenvalue weighted by Gasteiger charge is -2.47. The monoisotopic (exact) mass is 244 g/mol. The van der Waals surface area contributed by atoms with Gasteiger partial charge < -0.3 is 9.80 Å². The van der Waals surface area contributed by atoms with Crippen molar-refractivity contribution < 1.29 is 0 Å². The van der Waals surface area contributed by atoms with Gasteiger partial charge in [-0.2, -0.15) is 0 Å². The van der Waals surface area contributed by atoms with Crippen molar-refractivity contribution in [1.29, 1.82) is 0 Å². The smallest absolute Gasteiger partial charge is 0.0401 e. The van der Waals surface area contributed by atoms with E-state index in [1.165, 1.54) is 51.1 Å². The van der Waals surface area contributed by atoms with E-state index < -0.39 is 0 Å². The molecule has 2 heterocycles. The number of piperidine rings is 1. The molecule has 0 atom stereocenters. The van der Waals surface area contributed by atoms with Crippen LogP contribution in [0.1, 0.15) is 31.7 Å². The van der Waals surface area contributed by atoms with Crippen LogP contribution in [0.2, 0.25) is 0 Å². The summed E-state index contributed by atoms with van der Waals surface area (Å²) < 4.78 is 0. The van der Waals surface area contributed by atoms with Crippen molar-refractivity contribution in [3.05, 3.63) is 29.8 Å². The van der Waals surface area contributed by atoms with Crippen LogP contribution < -0.4 is 4.90 Å². The summed E-state index contributed by atoms with van der Waals surface area (Å²) in [5, 5.41) is 0. The predicted molar refractivity (Wildman–Crippen MR) is 77.4 cm³/mol. The fourth-order valence-electron chi connectivity index (χ4n) is 3.71. The van der Waals surface area contributed by atoms with E-state index in [1.54, 1.807) is 5.56 Å². The minimum atomic E-state index is 0.467. The van der Waals surface area contributed by atoms with Gasteiger partial charge in [-0.15, -0.1) is 0 Å². The number of fused-ring (bicyclic) bond motifs is 2. The molecule has 0 aromatic heterocycles. The molecule has 0 bridgehead atoms. The fraction of sp³-hybridized carbons (Fsp3) is 0.625. The summed E-state index contributed by atoms with van der Waals surface area (Å²) in [5.41, 5.74) is 3.54. The van der Waals surface area contributed by atoms with E-state index in [9.17, 15) is 0 Å². The zero-order chi connectivity index (χ0) is 12.6. The first kappa shape index (κ1) is 12.0. The Balaban J connectivity index is 1.93. The number of rotatable bonds is 1. The normalized spacial score (nSPS) is 23.1. The first-order chi connectivity index (χ1) is 8.75. The Kier molecular flexibility index (Phi) is 3.06. The van der Waals surface area contributed by atoms with Crippen molar-refractivity contribution in [3.8, 4) is 0 Å². The summed E-state index contributed by atoms with van der Waals surface area (Å²) in [5.74, 6) is 0. The molecular formula is C16H24N2. The molecule has 0 unspecified atom stereocenters. The summed E-state index contributed by atoms with van der Waals surface area (Å²) in [6.07, 6.45) is 4.01. The Morgan fingerprint density at radius 3 is 2.44 bits per heavy atom. The van der Waals surface area contributed by atoms with Crippen LogP contribution in [0.5, 0.6) is 0 Å². The lowest BCUT2D eigenvalue weighted by molar-refractivity contribution is 0.156. The van der Waals surface area contributed by atoms with Crippen LogP contribution >= 0.6 is 0 Å². The van der Waals surface area contributed by atoms with Gasteiger partial charge in [-0.05, 0) is 50.5 Å². The molecule has 0 amide bonds. The second-order valence-corrected chi connectivity index (χ2v) is 5.90. The number of likely N-dealkylation sites (tertiary alicyclic amines) is 1. The largest absolute Gasteiger partial charge is 0.374 e. The second kappa shape index (κ2) is 4.58. The molecule has 0 saturated carbocycles. The minimum Gasteiger partial charge on any atom is -0.374 e. The quantitative estimate of drug-likeness (QED) is 0.749. The van der Waals surface area contributed by atoms with Crippen molar-refractivity contribution in [2.45, 2.75) is 31.6 Å². The minimum absolute atomic E-state index is 0.467. The van der Waals surface area contributed by atoms with Crippen LogP contribution in [0.15, 0.2) is 24.3 Å². The van der Waals surface area contributed by atoms with E-state index in [2.05, 4.69) is 48.0 Å². The first-order valence-corrected chi connectivity index (χ1v) is 7.28. The van der Waals surface area contributed by atoms with Gasteiger partial charge in [-0.1, -0.05) is 25.1 Å². The molecule has 3 rings (SSSR count). The number of hydrogen-bond acceptors (Lipinski definition) is 2. The van der Waals surface area contributed by atoms with Gasteiger partial charge in [-0.25, -0.2) is 0 Å². The SMILES string of the molecule is CCN1CCC2(CC1)CCN(C)c1ccccc12. The maximum Gasteiger partial charge on any atom is 0.0401 e. The van der Waals surface area contributed by atoms with Crippen LogP contribution in [0, 0.1) is 0 Å². The topological polar surface area (TPSA) is 6.48 Å². The molecule has 0 N–H and O–H groups in total. The highest BCUT2D eigenvalue weighted by molar-refractivity contribution is 5.58. The third-order valence-electron chi connectivity index (χ3n) is 5.07. The van der Waals surface area contributed by atoms with Gasteiger partial charge in [0.2, 0.25) is 0 Å². The number of benzene rings is 1. The molecule has 2 aliphatic rings. The van der Waals surface area contributed by atoms with E-state index in [0.717, 1.165) is 0 Å². The van der Waals surface area contributed by atoms with Crippen LogP contribution in [-0.4, -0.2) is 38.1 Å². The van der Waals surface area contributed by atoms with Gasteiger partial charge in [0.25, 0.3) is 0 Å². The molecule has 2 nitrogen and oxygen atoms in total. The van der Waals surface area contributed by atoms with Crippen LogP contribution in [0.4, 0.5) is 5.69 Å². The van der Waals surface area contributed by atoms with Crippen LogP contribution in [-0.2, 0) is 5.41 Å². The van der Waals surface area contributed by atoms with Gasteiger partial charge in [-0.3, -0.25) is 0 Å². The number of hydrogen-bond donors (Lipinski definition) is 0.